The molecule has 1 saturated heterocycles. The van der Waals surface area contributed by atoms with Crippen LogP contribution >= 0.6 is 0 Å². The lowest BCUT2D eigenvalue weighted by molar-refractivity contribution is 0.0492. The topological polar surface area (TPSA) is 65.1 Å². The number of aryl methyl sites for hydroxylation is 1. The van der Waals surface area contributed by atoms with Gasteiger partial charge in [0.1, 0.15) is 17.7 Å². The van der Waals surface area contributed by atoms with Crippen LogP contribution in [0.1, 0.15) is 35.9 Å². The average molecular weight is 328 g/mol. The zero-order chi connectivity index (χ0) is 17.1. The summed E-state index contributed by atoms with van der Waals surface area (Å²) >= 11 is 0. The summed E-state index contributed by atoms with van der Waals surface area (Å²) in [5.74, 6) is 0.511. The van der Waals surface area contributed by atoms with E-state index < -0.39 is 6.10 Å². The summed E-state index contributed by atoms with van der Waals surface area (Å²) in [5.41, 5.74) is 1.24. The molecule has 6 heteroatoms. The lowest BCUT2D eigenvalue weighted by atomic mass is 9.90. The van der Waals surface area contributed by atoms with Gasteiger partial charge in [0.05, 0.1) is 11.6 Å². The van der Waals surface area contributed by atoms with Crippen LogP contribution in [0.4, 0.5) is 4.39 Å². The van der Waals surface area contributed by atoms with E-state index >= 15 is 0 Å². The highest BCUT2D eigenvalue weighted by molar-refractivity contribution is 5.37. The van der Waals surface area contributed by atoms with Crippen molar-refractivity contribution in [3.05, 3.63) is 53.4 Å². The summed E-state index contributed by atoms with van der Waals surface area (Å²) < 4.78 is 15.1. The van der Waals surface area contributed by atoms with Crippen molar-refractivity contribution < 1.29 is 9.50 Å². The number of nitrogens with zero attached hydrogens (tertiary/aromatic N) is 4. The Labute approximate surface area is 141 Å². The van der Waals surface area contributed by atoms with Gasteiger partial charge in [-0.1, -0.05) is 6.07 Å². The summed E-state index contributed by atoms with van der Waals surface area (Å²) in [5, 5.41) is 19.7. The number of imidazole rings is 1. The molecular weight excluding hydrogens is 307 g/mol. The lowest BCUT2D eigenvalue weighted by Crippen LogP contribution is -2.35. The maximum absolute atomic E-state index is 13.2. The smallest absolute Gasteiger partial charge is 0.137 e. The molecule has 3 rings (SSSR count). The van der Waals surface area contributed by atoms with Crippen molar-refractivity contribution in [3.63, 3.8) is 0 Å². The number of rotatable bonds is 4. The molecule has 126 valence electrons. The molecule has 1 N–H and O–H groups in total. The molecule has 1 aliphatic rings. The monoisotopic (exact) mass is 328 g/mol. The third-order valence-corrected chi connectivity index (χ3v) is 4.79. The van der Waals surface area contributed by atoms with Crippen LogP contribution < -0.4 is 0 Å². The molecule has 0 amide bonds. The molecule has 0 bridgehead atoms. The molecule has 0 aliphatic carbocycles. The second-order valence-corrected chi connectivity index (χ2v) is 6.37. The minimum absolute atomic E-state index is 0.186. The summed E-state index contributed by atoms with van der Waals surface area (Å²) in [6.07, 6.45) is 4.73. The number of halogens is 1. The van der Waals surface area contributed by atoms with Gasteiger partial charge in [-0.25, -0.2) is 9.37 Å². The standard InChI is InChI=1S/C18H21FN4O/c1-22-9-6-21-18(22)17(24)13-4-7-23(8-5-13)12-14-2-3-16(19)10-15(14)11-20/h2-3,6,9-10,13,17,24H,4-5,7-8,12H2,1H3. The SMILES string of the molecule is Cn1ccnc1C(O)C1CCN(Cc2ccc(F)cc2C#N)CC1. The second-order valence-electron chi connectivity index (χ2n) is 6.37. The van der Waals surface area contributed by atoms with Gasteiger partial charge in [0.15, 0.2) is 0 Å². The predicted molar refractivity (Wildman–Crippen MR) is 87.3 cm³/mol. The molecule has 1 unspecified atom stereocenters. The van der Waals surface area contributed by atoms with E-state index in [0.29, 0.717) is 17.9 Å². The average Bonchev–Trinajstić information content (AvgIpc) is 3.02. The van der Waals surface area contributed by atoms with Crippen molar-refractivity contribution >= 4 is 0 Å². The fourth-order valence-corrected chi connectivity index (χ4v) is 3.33. The Balaban J connectivity index is 1.60. The number of hydrogen-bond acceptors (Lipinski definition) is 4. The van der Waals surface area contributed by atoms with Crippen molar-refractivity contribution in [2.45, 2.75) is 25.5 Å². The first-order valence-electron chi connectivity index (χ1n) is 8.14. The third kappa shape index (κ3) is 3.48. The van der Waals surface area contributed by atoms with E-state index in [1.54, 1.807) is 12.3 Å². The molecule has 1 fully saturated rings. The van der Waals surface area contributed by atoms with E-state index in [1.165, 1.54) is 12.1 Å². The molecule has 1 aliphatic heterocycles. The minimum atomic E-state index is -0.548. The Morgan fingerprint density at radius 2 is 2.17 bits per heavy atom. The largest absolute Gasteiger partial charge is 0.385 e. The molecule has 1 aromatic heterocycles. The zero-order valence-electron chi connectivity index (χ0n) is 13.7. The summed E-state index contributed by atoms with van der Waals surface area (Å²) in [6.45, 7) is 2.32. The number of likely N-dealkylation sites (tertiary alicyclic amines) is 1. The summed E-state index contributed by atoms with van der Waals surface area (Å²) in [6, 6.07) is 6.42. The maximum atomic E-state index is 13.2. The van der Waals surface area contributed by atoms with Crippen LogP contribution in [0, 0.1) is 23.1 Å². The quantitative estimate of drug-likeness (QED) is 0.936. The van der Waals surface area contributed by atoms with Gasteiger partial charge in [0.2, 0.25) is 0 Å². The molecule has 2 aromatic rings. The molecule has 1 atom stereocenters. The number of aliphatic hydroxyl groups excluding tert-OH is 1. The van der Waals surface area contributed by atoms with Gasteiger partial charge < -0.3 is 9.67 Å². The summed E-state index contributed by atoms with van der Waals surface area (Å²) in [7, 11) is 1.89. The number of benzene rings is 1. The van der Waals surface area contributed by atoms with Crippen molar-refractivity contribution in [3.8, 4) is 6.07 Å². The van der Waals surface area contributed by atoms with E-state index in [1.807, 2.05) is 17.8 Å². The van der Waals surface area contributed by atoms with Gasteiger partial charge in [0.25, 0.3) is 0 Å². The molecule has 0 radical (unpaired) electrons. The van der Waals surface area contributed by atoms with Crippen LogP contribution in [0.2, 0.25) is 0 Å². The Kier molecular flexibility index (Phi) is 4.93. The highest BCUT2D eigenvalue weighted by Crippen LogP contribution is 2.30. The number of piperidine rings is 1. The Morgan fingerprint density at radius 1 is 1.42 bits per heavy atom. The fraction of sp³-hybridized carbons (Fsp3) is 0.444. The Hall–Kier alpha value is -2.23. The van der Waals surface area contributed by atoms with Crippen LogP contribution in [0.25, 0.3) is 0 Å². The van der Waals surface area contributed by atoms with Crippen molar-refractivity contribution in [1.82, 2.24) is 14.5 Å². The van der Waals surface area contributed by atoms with Gasteiger partial charge in [-0.2, -0.15) is 5.26 Å². The zero-order valence-corrected chi connectivity index (χ0v) is 13.7. The predicted octanol–water partition coefficient (Wildman–Crippen LogP) is 2.38. The molecule has 1 aromatic carbocycles. The Morgan fingerprint density at radius 3 is 2.79 bits per heavy atom. The highest BCUT2D eigenvalue weighted by atomic mass is 19.1. The van der Waals surface area contributed by atoms with Gasteiger partial charge in [-0.3, -0.25) is 4.90 Å². The first-order chi connectivity index (χ1) is 11.6. The van der Waals surface area contributed by atoms with Crippen LogP contribution in [-0.2, 0) is 13.6 Å². The van der Waals surface area contributed by atoms with Crippen LogP contribution in [0.3, 0.4) is 0 Å². The van der Waals surface area contributed by atoms with Crippen LogP contribution in [0.15, 0.2) is 30.6 Å². The molecule has 0 spiro atoms. The normalized spacial score (nSPS) is 17.6. The van der Waals surface area contributed by atoms with E-state index in [2.05, 4.69) is 16.0 Å². The van der Waals surface area contributed by atoms with Crippen molar-refractivity contribution in [1.29, 1.82) is 5.26 Å². The molecule has 2 heterocycles. The van der Waals surface area contributed by atoms with Gasteiger partial charge >= 0.3 is 0 Å². The number of aliphatic hydroxyl groups is 1. The van der Waals surface area contributed by atoms with E-state index in [0.717, 1.165) is 31.5 Å². The second kappa shape index (κ2) is 7.12. The maximum Gasteiger partial charge on any atom is 0.137 e. The molecule has 0 saturated carbocycles. The van der Waals surface area contributed by atoms with Crippen LogP contribution in [-0.4, -0.2) is 32.6 Å². The van der Waals surface area contributed by atoms with Gasteiger partial charge in [0, 0.05) is 26.0 Å². The fourth-order valence-electron chi connectivity index (χ4n) is 3.33. The summed E-state index contributed by atoms with van der Waals surface area (Å²) in [4.78, 5) is 6.48. The number of aromatic nitrogens is 2. The van der Waals surface area contributed by atoms with Gasteiger partial charge in [-0.15, -0.1) is 0 Å². The molecular formula is C18H21FN4O. The lowest BCUT2D eigenvalue weighted by Gasteiger charge is -2.34. The first kappa shape index (κ1) is 16.6. The Bertz CT molecular complexity index is 744. The van der Waals surface area contributed by atoms with Gasteiger partial charge in [-0.05, 0) is 49.5 Å². The van der Waals surface area contributed by atoms with Crippen LogP contribution in [0.5, 0.6) is 0 Å². The van der Waals surface area contributed by atoms with Crippen molar-refractivity contribution in [2.75, 3.05) is 13.1 Å². The third-order valence-electron chi connectivity index (χ3n) is 4.79. The van der Waals surface area contributed by atoms with Crippen molar-refractivity contribution in [2.24, 2.45) is 13.0 Å². The number of nitriles is 1. The highest BCUT2D eigenvalue weighted by Gasteiger charge is 2.28. The van der Waals surface area contributed by atoms with E-state index in [9.17, 15) is 9.50 Å². The molecule has 24 heavy (non-hydrogen) atoms. The van der Waals surface area contributed by atoms with E-state index in [-0.39, 0.29) is 11.7 Å². The van der Waals surface area contributed by atoms with E-state index in [4.69, 9.17) is 5.26 Å². The first-order valence-corrected chi connectivity index (χ1v) is 8.14. The minimum Gasteiger partial charge on any atom is -0.385 e. The number of hydrogen-bond donors (Lipinski definition) is 1. The molecule has 5 nitrogen and oxygen atoms in total.